The number of rotatable bonds is 5. The van der Waals surface area contributed by atoms with Crippen molar-refractivity contribution in [3.63, 3.8) is 0 Å². The molecule has 2 aromatic carbocycles. The normalized spacial score (nSPS) is 13.7. The van der Waals surface area contributed by atoms with Crippen molar-refractivity contribution in [2.45, 2.75) is 23.5 Å². The molecule has 3 rings (SSSR count). The van der Waals surface area contributed by atoms with Gasteiger partial charge in [0.25, 0.3) is 0 Å². The predicted octanol–water partition coefficient (Wildman–Crippen LogP) is 4.58. The summed E-state index contributed by atoms with van der Waals surface area (Å²) < 4.78 is 10.6. The van der Waals surface area contributed by atoms with Gasteiger partial charge < -0.3 is 14.8 Å². The number of thioether (sulfide) groups is 1. The zero-order valence-electron chi connectivity index (χ0n) is 12.5. The minimum Gasteiger partial charge on any atom is -0.454 e. The van der Waals surface area contributed by atoms with E-state index in [-0.39, 0.29) is 18.0 Å². The van der Waals surface area contributed by atoms with Crippen molar-refractivity contribution in [2.75, 3.05) is 12.1 Å². The number of fused-ring (bicyclic) bond motifs is 1. The molecule has 0 unspecified atom stereocenters. The second kappa shape index (κ2) is 7.15. The predicted molar refractivity (Wildman–Crippen MR) is 92.6 cm³/mol. The van der Waals surface area contributed by atoms with Crippen LogP contribution in [0.2, 0.25) is 5.02 Å². The van der Waals surface area contributed by atoms with Gasteiger partial charge in [-0.3, -0.25) is 4.79 Å². The fourth-order valence-electron chi connectivity index (χ4n) is 2.20. The first-order chi connectivity index (χ1) is 11.2. The minimum atomic E-state index is -0.179. The molecular weight excluding hydrogens is 334 g/mol. The largest absolute Gasteiger partial charge is 0.454 e. The molecule has 120 valence electrons. The summed E-state index contributed by atoms with van der Waals surface area (Å²) >= 11 is 7.41. The van der Waals surface area contributed by atoms with Crippen LogP contribution in [-0.2, 0) is 4.79 Å². The maximum absolute atomic E-state index is 12.5. The Labute approximate surface area is 144 Å². The Hall–Kier alpha value is -1.85. The highest BCUT2D eigenvalue weighted by atomic mass is 35.5. The topological polar surface area (TPSA) is 47.6 Å². The van der Waals surface area contributed by atoms with Crippen LogP contribution in [0.3, 0.4) is 0 Å². The number of benzene rings is 2. The highest BCUT2D eigenvalue weighted by molar-refractivity contribution is 8.00. The fraction of sp³-hybridized carbons (Fsp3) is 0.235. The van der Waals surface area contributed by atoms with Gasteiger partial charge >= 0.3 is 0 Å². The molecule has 0 aliphatic carbocycles. The van der Waals surface area contributed by atoms with E-state index < -0.39 is 0 Å². The summed E-state index contributed by atoms with van der Waals surface area (Å²) in [7, 11) is 0. The third-order valence-corrected chi connectivity index (χ3v) is 5.02. The van der Waals surface area contributed by atoms with E-state index in [1.54, 1.807) is 12.1 Å². The van der Waals surface area contributed by atoms with E-state index in [2.05, 4.69) is 5.32 Å². The Bertz CT molecular complexity index is 705. The van der Waals surface area contributed by atoms with Crippen LogP contribution in [0.25, 0.3) is 0 Å². The molecule has 0 spiro atoms. The number of amides is 1. The number of anilines is 1. The van der Waals surface area contributed by atoms with Crippen LogP contribution in [0.15, 0.2) is 47.4 Å². The standard InChI is InChI=1S/C17H16ClNO3S/c1-2-16(23-13-6-3-11(18)4-7-13)17(20)19-12-5-8-14-15(9-12)22-10-21-14/h3-9,16H,2,10H2,1H3,(H,19,20)/t16-/m0/s1. The Morgan fingerprint density at radius 2 is 1.96 bits per heavy atom. The van der Waals surface area contributed by atoms with Gasteiger partial charge in [0.1, 0.15) is 0 Å². The lowest BCUT2D eigenvalue weighted by Gasteiger charge is -2.15. The molecule has 1 N–H and O–H groups in total. The Morgan fingerprint density at radius 1 is 1.22 bits per heavy atom. The maximum atomic E-state index is 12.5. The fourth-order valence-corrected chi connectivity index (χ4v) is 3.28. The quantitative estimate of drug-likeness (QED) is 0.803. The van der Waals surface area contributed by atoms with E-state index in [0.29, 0.717) is 22.2 Å². The molecule has 1 aliphatic heterocycles. The summed E-state index contributed by atoms with van der Waals surface area (Å²) in [4.78, 5) is 13.5. The molecule has 23 heavy (non-hydrogen) atoms. The second-order valence-corrected chi connectivity index (χ2v) is 6.74. The summed E-state index contributed by atoms with van der Waals surface area (Å²) in [6.07, 6.45) is 0.726. The summed E-state index contributed by atoms with van der Waals surface area (Å²) in [5.74, 6) is 1.32. The van der Waals surface area contributed by atoms with Crippen LogP contribution >= 0.6 is 23.4 Å². The number of hydrogen-bond acceptors (Lipinski definition) is 4. The molecule has 2 aromatic rings. The molecule has 0 fully saturated rings. The monoisotopic (exact) mass is 349 g/mol. The van der Waals surface area contributed by atoms with Crippen molar-refractivity contribution in [3.8, 4) is 11.5 Å². The van der Waals surface area contributed by atoms with Crippen LogP contribution in [0, 0.1) is 0 Å². The maximum Gasteiger partial charge on any atom is 0.237 e. The zero-order chi connectivity index (χ0) is 16.2. The first kappa shape index (κ1) is 16.0. The number of hydrogen-bond donors (Lipinski definition) is 1. The van der Waals surface area contributed by atoms with Gasteiger partial charge in [0.2, 0.25) is 12.7 Å². The van der Waals surface area contributed by atoms with Gasteiger partial charge in [0.15, 0.2) is 11.5 Å². The molecule has 1 amide bonds. The molecule has 0 saturated heterocycles. The van der Waals surface area contributed by atoms with E-state index in [1.807, 2.05) is 37.3 Å². The van der Waals surface area contributed by atoms with Crippen molar-refractivity contribution in [2.24, 2.45) is 0 Å². The molecule has 6 heteroatoms. The van der Waals surface area contributed by atoms with Crippen molar-refractivity contribution in [3.05, 3.63) is 47.5 Å². The lowest BCUT2D eigenvalue weighted by molar-refractivity contribution is -0.115. The zero-order valence-corrected chi connectivity index (χ0v) is 14.1. The molecule has 1 heterocycles. The summed E-state index contributed by atoms with van der Waals surface area (Å²) in [5, 5.41) is 3.44. The number of carbonyl (C=O) groups is 1. The highest BCUT2D eigenvalue weighted by Crippen LogP contribution is 2.34. The number of nitrogens with one attached hydrogen (secondary N) is 1. The van der Waals surface area contributed by atoms with Crippen LogP contribution < -0.4 is 14.8 Å². The van der Waals surface area contributed by atoms with Crippen molar-refractivity contribution in [1.29, 1.82) is 0 Å². The molecule has 1 aliphatic rings. The van der Waals surface area contributed by atoms with Crippen LogP contribution in [-0.4, -0.2) is 18.0 Å². The summed E-state index contributed by atoms with van der Waals surface area (Å²) in [5.41, 5.74) is 0.703. The first-order valence-electron chi connectivity index (χ1n) is 7.28. The molecule has 0 aromatic heterocycles. The van der Waals surface area contributed by atoms with Gasteiger partial charge in [-0.2, -0.15) is 0 Å². The third kappa shape index (κ3) is 3.92. The van der Waals surface area contributed by atoms with Crippen LogP contribution in [0.5, 0.6) is 11.5 Å². The molecule has 1 atom stereocenters. The minimum absolute atomic E-state index is 0.0358. The molecule has 0 radical (unpaired) electrons. The van der Waals surface area contributed by atoms with Gasteiger partial charge in [-0.25, -0.2) is 0 Å². The molecular formula is C17H16ClNO3S. The van der Waals surface area contributed by atoms with Gasteiger partial charge in [0.05, 0.1) is 5.25 Å². The van der Waals surface area contributed by atoms with E-state index in [0.717, 1.165) is 11.3 Å². The Kier molecular flexibility index (Phi) is 4.98. The Balaban J connectivity index is 1.66. The van der Waals surface area contributed by atoms with Crippen molar-refractivity contribution in [1.82, 2.24) is 0 Å². The van der Waals surface area contributed by atoms with Crippen molar-refractivity contribution < 1.29 is 14.3 Å². The highest BCUT2D eigenvalue weighted by Gasteiger charge is 2.19. The molecule has 0 bridgehead atoms. The van der Waals surface area contributed by atoms with E-state index in [4.69, 9.17) is 21.1 Å². The average Bonchev–Trinajstić information content (AvgIpc) is 3.02. The number of halogens is 1. The van der Waals surface area contributed by atoms with E-state index in [9.17, 15) is 4.79 Å². The van der Waals surface area contributed by atoms with E-state index >= 15 is 0 Å². The molecule has 4 nitrogen and oxygen atoms in total. The van der Waals surface area contributed by atoms with Crippen molar-refractivity contribution >= 4 is 35.0 Å². The van der Waals surface area contributed by atoms with Gasteiger partial charge in [-0.1, -0.05) is 18.5 Å². The lowest BCUT2D eigenvalue weighted by atomic mass is 10.2. The smallest absolute Gasteiger partial charge is 0.237 e. The SMILES string of the molecule is CC[C@H](Sc1ccc(Cl)cc1)C(=O)Nc1ccc2c(c1)OCO2. The van der Waals surface area contributed by atoms with Gasteiger partial charge in [0, 0.05) is 21.7 Å². The van der Waals surface area contributed by atoms with Gasteiger partial charge in [-0.15, -0.1) is 11.8 Å². The first-order valence-corrected chi connectivity index (χ1v) is 8.54. The number of ether oxygens (including phenoxy) is 2. The molecule has 0 saturated carbocycles. The average molecular weight is 350 g/mol. The number of carbonyl (C=O) groups excluding carboxylic acids is 1. The van der Waals surface area contributed by atoms with E-state index in [1.165, 1.54) is 11.8 Å². The second-order valence-electron chi connectivity index (χ2n) is 5.03. The summed E-state index contributed by atoms with van der Waals surface area (Å²) in [6, 6.07) is 12.9. The summed E-state index contributed by atoms with van der Waals surface area (Å²) in [6.45, 7) is 2.21. The third-order valence-electron chi connectivity index (χ3n) is 3.40. The Morgan fingerprint density at radius 3 is 2.70 bits per heavy atom. The van der Waals surface area contributed by atoms with Gasteiger partial charge in [-0.05, 0) is 42.8 Å². The van der Waals surface area contributed by atoms with Crippen LogP contribution in [0.1, 0.15) is 13.3 Å². The lowest BCUT2D eigenvalue weighted by Crippen LogP contribution is -2.24. The van der Waals surface area contributed by atoms with Crippen LogP contribution in [0.4, 0.5) is 5.69 Å².